The molecule has 1 rings (SSSR count). The third-order valence-corrected chi connectivity index (χ3v) is 1.66. The summed E-state index contributed by atoms with van der Waals surface area (Å²) in [5.41, 5.74) is 0.179. The molecule has 0 radical (unpaired) electrons. The lowest BCUT2D eigenvalue weighted by Gasteiger charge is -1.92. The standard InChI is InChI=1S/C7H6O3.C6H8O2/c8-6-3-1-5(2-4-6)7(9)10;1-2-3-4-5-6(7)8/h1-4,8H,(H,9,10);2-5H,1H3,(H,7,8)/b;3-2+,5-4+. The van der Waals surface area contributed by atoms with Gasteiger partial charge in [0.1, 0.15) is 5.75 Å². The van der Waals surface area contributed by atoms with E-state index >= 15 is 0 Å². The van der Waals surface area contributed by atoms with Gasteiger partial charge in [-0.1, -0.05) is 18.2 Å². The number of carbonyl (C=O) groups is 2. The van der Waals surface area contributed by atoms with Crippen LogP contribution in [0.1, 0.15) is 17.3 Å². The summed E-state index contributed by atoms with van der Waals surface area (Å²) in [5, 5.41) is 25.2. The maximum absolute atomic E-state index is 10.2. The van der Waals surface area contributed by atoms with Gasteiger partial charge in [0.2, 0.25) is 0 Å². The Morgan fingerprint density at radius 3 is 2.00 bits per heavy atom. The van der Waals surface area contributed by atoms with Crippen LogP contribution in [0.25, 0.3) is 0 Å². The molecule has 5 nitrogen and oxygen atoms in total. The van der Waals surface area contributed by atoms with Crippen molar-refractivity contribution < 1.29 is 24.9 Å². The molecule has 1 aromatic carbocycles. The lowest BCUT2D eigenvalue weighted by Crippen LogP contribution is -1.93. The summed E-state index contributed by atoms with van der Waals surface area (Å²) < 4.78 is 0. The minimum atomic E-state index is -0.986. The van der Waals surface area contributed by atoms with Crippen LogP contribution >= 0.6 is 0 Å². The van der Waals surface area contributed by atoms with Crippen molar-refractivity contribution in [2.24, 2.45) is 0 Å². The van der Waals surface area contributed by atoms with E-state index in [1.165, 1.54) is 30.3 Å². The fraction of sp³-hybridized carbons (Fsp3) is 0.0769. The second-order valence-corrected chi connectivity index (χ2v) is 3.08. The van der Waals surface area contributed by atoms with Gasteiger partial charge in [0.25, 0.3) is 0 Å². The van der Waals surface area contributed by atoms with Gasteiger partial charge in [-0.3, -0.25) is 0 Å². The highest BCUT2D eigenvalue weighted by Gasteiger charge is 1.99. The molecule has 5 heteroatoms. The van der Waals surface area contributed by atoms with Crippen LogP contribution < -0.4 is 0 Å². The summed E-state index contributed by atoms with van der Waals surface area (Å²) >= 11 is 0. The predicted molar refractivity (Wildman–Crippen MR) is 66.7 cm³/mol. The molecule has 0 aliphatic carbocycles. The number of phenolic OH excluding ortho intramolecular Hbond substituents is 1. The first-order chi connectivity index (χ1) is 8.47. The Morgan fingerprint density at radius 1 is 1.06 bits per heavy atom. The Morgan fingerprint density at radius 2 is 1.61 bits per heavy atom. The third-order valence-electron chi connectivity index (χ3n) is 1.66. The van der Waals surface area contributed by atoms with Crippen LogP contribution in [0.2, 0.25) is 0 Å². The van der Waals surface area contributed by atoms with Gasteiger partial charge >= 0.3 is 11.9 Å². The number of allylic oxidation sites excluding steroid dienone is 3. The average Bonchev–Trinajstić information content (AvgIpc) is 2.30. The fourth-order valence-corrected chi connectivity index (χ4v) is 0.853. The highest BCUT2D eigenvalue weighted by molar-refractivity contribution is 5.87. The molecular weight excluding hydrogens is 236 g/mol. The number of hydrogen-bond acceptors (Lipinski definition) is 3. The van der Waals surface area contributed by atoms with Crippen LogP contribution in [0.15, 0.2) is 48.6 Å². The Hall–Kier alpha value is -2.56. The van der Waals surface area contributed by atoms with Gasteiger partial charge in [0.05, 0.1) is 5.56 Å². The molecule has 18 heavy (non-hydrogen) atoms. The topological polar surface area (TPSA) is 94.8 Å². The van der Waals surface area contributed by atoms with E-state index in [0.29, 0.717) is 0 Å². The van der Waals surface area contributed by atoms with E-state index in [1.54, 1.807) is 12.2 Å². The lowest BCUT2D eigenvalue weighted by molar-refractivity contribution is -0.131. The zero-order valence-electron chi connectivity index (χ0n) is 9.78. The number of carboxylic acid groups (broad SMARTS) is 2. The summed E-state index contributed by atoms with van der Waals surface area (Å²) in [4.78, 5) is 20.0. The molecule has 0 saturated carbocycles. The normalized spacial score (nSPS) is 10.1. The second-order valence-electron chi connectivity index (χ2n) is 3.08. The molecule has 0 unspecified atom stereocenters. The van der Waals surface area contributed by atoms with Crippen LogP contribution in [0, 0.1) is 0 Å². The number of carboxylic acids is 2. The summed E-state index contributed by atoms with van der Waals surface area (Å²) in [6, 6.07) is 5.36. The molecule has 0 bridgehead atoms. The van der Waals surface area contributed by atoms with E-state index in [4.69, 9.17) is 15.3 Å². The number of benzene rings is 1. The number of aliphatic carboxylic acids is 1. The molecule has 0 amide bonds. The molecule has 0 aliphatic heterocycles. The van der Waals surface area contributed by atoms with Crippen LogP contribution in [0.3, 0.4) is 0 Å². The Labute approximate surface area is 104 Å². The molecule has 0 heterocycles. The molecule has 0 aliphatic rings. The summed E-state index contributed by atoms with van der Waals surface area (Å²) in [5.74, 6) is -1.83. The zero-order valence-corrected chi connectivity index (χ0v) is 9.78. The van der Waals surface area contributed by atoms with Crippen LogP contribution in [-0.2, 0) is 4.79 Å². The second kappa shape index (κ2) is 8.58. The molecule has 0 fully saturated rings. The Kier molecular flexibility index (Phi) is 7.36. The monoisotopic (exact) mass is 250 g/mol. The van der Waals surface area contributed by atoms with Crippen molar-refractivity contribution in [1.82, 2.24) is 0 Å². The largest absolute Gasteiger partial charge is 0.508 e. The van der Waals surface area contributed by atoms with Crippen molar-refractivity contribution in [2.75, 3.05) is 0 Å². The molecule has 0 saturated heterocycles. The Bertz CT molecular complexity index is 443. The van der Waals surface area contributed by atoms with Crippen molar-refractivity contribution in [2.45, 2.75) is 6.92 Å². The molecule has 96 valence electrons. The number of hydrogen-bond donors (Lipinski definition) is 3. The third kappa shape index (κ3) is 7.70. The van der Waals surface area contributed by atoms with Gasteiger partial charge in [0, 0.05) is 6.08 Å². The first kappa shape index (κ1) is 15.4. The van der Waals surface area contributed by atoms with E-state index in [9.17, 15) is 9.59 Å². The summed E-state index contributed by atoms with van der Waals surface area (Å²) in [7, 11) is 0. The van der Waals surface area contributed by atoms with Gasteiger partial charge in [0.15, 0.2) is 0 Å². The van der Waals surface area contributed by atoms with Gasteiger partial charge in [-0.25, -0.2) is 9.59 Å². The molecular formula is C13H14O5. The number of aromatic carboxylic acids is 1. The van der Waals surface area contributed by atoms with Gasteiger partial charge in [-0.2, -0.15) is 0 Å². The van der Waals surface area contributed by atoms with Crippen molar-refractivity contribution >= 4 is 11.9 Å². The molecule has 0 aromatic heterocycles. The van der Waals surface area contributed by atoms with E-state index in [2.05, 4.69) is 0 Å². The smallest absolute Gasteiger partial charge is 0.335 e. The van der Waals surface area contributed by atoms with Crippen molar-refractivity contribution in [1.29, 1.82) is 0 Å². The molecule has 0 spiro atoms. The summed E-state index contributed by atoms with van der Waals surface area (Å²) in [6.45, 7) is 1.83. The minimum absolute atomic E-state index is 0.0741. The van der Waals surface area contributed by atoms with Gasteiger partial charge < -0.3 is 15.3 Å². The van der Waals surface area contributed by atoms with E-state index in [-0.39, 0.29) is 11.3 Å². The Balaban J connectivity index is 0.000000331. The molecule has 3 N–H and O–H groups in total. The first-order valence-corrected chi connectivity index (χ1v) is 5.02. The van der Waals surface area contributed by atoms with Gasteiger partial charge in [-0.05, 0) is 31.2 Å². The van der Waals surface area contributed by atoms with Crippen LogP contribution in [-0.4, -0.2) is 27.3 Å². The predicted octanol–water partition coefficient (Wildman–Crippen LogP) is 2.29. The van der Waals surface area contributed by atoms with Crippen LogP contribution in [0.5, 0.6) is 5.75 Å². The maximum Gasteiger partial charge on any atom is 0.335 e. The molecule has 0 atom stereocenters. The number of aromatic hydroxyl groups is 1. The quantitative estimate of drug-likeness (QED) is 0.565. The highest BCUT2D eigenvalue weighted by Crippen LogP contribution is 2.08. The number of phenols is 1. The van der Waals surface area contributed by atoms with Crippen molar-refractivity contribution in [3.05, 3.63) is 54.1 Å². The van der Waals surface area contributed by atoms with E-state index < -0.39 is 11.9 Å². The van der Waals surface area contributed by atoms with Crippen molar-refractivity contribution in [3.63, 3.8) is 0 Å². The average molecular weight is 250 g/mol. The van der Waals surface area contributed by atoms with Crippen molar-refractivity contribution in [3.8, 4) is 5.75 Å². The first-order valence-electron chi connectivity index (χ1n) is 5.02. The van der Waals surface area contributed by atoms with E-state index in [1.807, 2.05) is 6.92 Å². The van der Waals surface area contributed by atoms with E-state index in [0.717, 1.165) is 6.08 Å². The highest BCUT2D eigenvalue weighted by atomic mass is 16.4. The van der Waals surface area contributed by atoms with Crippen LogP contribution in [0.4, 0.5) is 0 Å². The minimum Gasteiger partial charge on any atom is -0.508 e. The maximum atomic E-state index is 10.2. The SMILES string of the molecule is C/C=C/C=C/C(=O)O.O=C(O)c1ccc(O)cc1. The molecule has 1 aromatic rings. The van der Waals surface area contributed by atoms with Gasteiger partial charge in [-0.15, -0.1) is 0 Å². The zero-order chi connectivity index (χ0) is 14.0. The fourth-order valence-electron chi connectivity index (χ4n) is 0.853. The lowest BCUT2D eigenvalue weighted by atomic mass is 10.2. The number of rotatable bonds is 3. The summed E-state index contributed by atoms with van der Waals surface area (Å²) in [6.07, 6.45) is 5.98.